The fourth-order valence-electron chi connectivity index (χ4n) is 0.829. The van der Waals surface area contributed by atoms with Gasteiger partial charge in [0.25, 0.3) is 0 Å². The van der Waals surface area contributed by atoms with Crippen LogP contribution in [0.5, 0.6) is 0 Å². The molecule has 0 fully saturated rings. The number of aryl methyl sites for hydroxylation is 1. The minimum atomic E-state index is 0.805. The van der Waals surface area contributed by atoms with Crippen LogP contribution in [-0.2, 0) is 0 Å². The van der Waals surface area contributed by atoms with Gasteiger partial charge in [-0.15, -0.1) is 0 Å². The van der Waals surface area contributed by atoms with Crippen LogP contribution in [0.4, 0.5) is 0 Å². The minimum absolute atomic E-state index is 0.805. The first-order valence-corrected chi connectivity index (χ1v) is 6.30. The maximum atomic E-state index is 4.28. The molecule has 0 aromatic carbocycles. The molecule has 2 rings (SSSR count). The average Bonchev–Trinajstić information content (AvgIpc) is 2.62. The van der Waals surface area contributed by atoms with Gasteiger partial charge in [0.15, 0.2) is 0 Å². The van der Waals surface area contributed by atoms with Crippen LogP contribution in [0.3, 0.4) is 0 Å². The zero-order valence-corrected chi connectivity index (χ0v) is 11.7. The van der Waals surface area contributed by atoms with Gasteiger partial charge in [0, 0.05) is 11.5 Å². The molecule has 2 aromatic heterocycles. The Morgan fingerprint density at radius 1 is 1.46 bits per heavy atom. The Balaban J connectivity index is 2.52. The van der Waals surface area contributed by atoms with Crippen molar-refractivity contribution in [1.29, 1.82) is 0 Å². The van der Waals surface area contributed by atoms with Gasteiger partial charge in [0.05, 0.1) is 0 Å². The summed E-state index contributed by atoms with van der Waals surface area (Å²) in [5.74, 6) is 0.805. The van der Waals surface area contributed by atoms with Crippen LogP contribution in [-0.4, -0.2) is 18.9 Å². The van der Waals surface area contributed by atoms with Gasteiger partial charge in [-0.3, -0.25) is 4.57 Å². The molecule has 2 heterocycles. The van der Waals surface area contributed by atoms with Crippen molar-refractivity contribution in [2.45, 2.75) is 6.92 Å². The van der Waals surface area contributed by atoms with E-state index in [4.69, 9.17) is 0 Å². The van der Waals surface area contributed by atoms with Crippen LogP contribution in [0.1, 0.15) is 5.82 Å². The lowest BCUT2D eigenvalue weighted by atomic mass is 10.7. The monoisotopic (exact) mass is 418 g/mol. The first kappa shape index (κ1) is 9.77. The number of nitrogens with zero attached hydrogens (tertiary/aromatic N) is 4. The number of halogens is 2. The lowest BCUT2D eigenvalue weighted by Gasteiger charge is -1.95. The van der Waals surface area contributed by atoms with Crippen LogP contribution in [0.25, 0.3) is 5.13 Å². The maximum absolute atomic E-state index is 4.28. The third-order valence-electron chi connectivity index (χ3n) is 1.39. The van der Waals surface area contributed by atoms with Gasteiger partial charge in [-0.2, -0.15) is 4.37 Å². The van der Waals surface area contributed by atoms with Crippen LogP contribution in [0.15, 0.2) is 6.33 Å². The van der Waals surface area contributed by atoms with Gasteiger partial charge in [-0.1, -0.05) is 0 Å². The van der Waals surface area contributed by atoms with Gasteiger partial charge >= 0.3 is 0 Å². The van der Waals surface area contributed by atoms with E-state index < -0.39 is 0 Å². The Labute approximate surface area is 106 Å². The normalized spacial score (nSPS) is 10.7. The highest BCUT2D eigenvalue weighted by Crippen LogP contribution is 2.19. The Kier molecular flexibility index (Phi) is 2.83. The largest absolute Gasteiger partial charge is 0.267 e. The predicted molar refractivity (Wildman–Crippen MR) is 67.2 cm³/mol. The van der Waals surface area contributed by atoms with E-state index in [0.717, 1.165) is 18.4 Å². The number of hydrogen-bond donors (Lipinski definition) is 0. The molecule has 7 heteroatoms. The van der Waals surface area contributed by atoms with Crippen molar-refractivity contribution in [3.05, 3.63) is 19.6 Å². The molecule has 0 bridgehead atoms. The lowest BCUT2D eigenvalue weighted by molar-refractivity contribution is 0.986. The van der Waals surface area contributed by atoms with Crippen molar-refractivity contribution < 1.29 is 0 Å². The molecular weight excluding hydrogens is 414 g/mol. The SMILES string of the molecule is Cc1nsc(-n2cnc(I)c2I)n1. The summed E-state index contributed by atoms with van der Waals surface area (Å²) in [7, 11) is 0. The van der Waals surface area contributed by atoms with E-state index in [2.05, 4.69) is 59.5 Å². The smallest absolute Gasteiger partial charge is 0.215 e. The molecule has 0 amide bonds. The Bertz CT molecular complexity index is 436. The Hall–Kier alpha value is 0.230. The van der Waals surface area contributed by atoms with E-state index in [1.165, 1.54) is 11.5 Å². The van der Waals surface area contributed by atoms with Crippen molar-refractivity contribution in [2.75, 3.05) is 0 Å². The summed E-state index contributed by atoms with van der Waals surface area (Å²) in [5.41, 5.74) is 0. The third kappa shape index (κ3) is 1.86. The topological polar surface area (TPSA) is 43.6 Å². The van der Waals surface area contributed by atoms with Gasteiger partial charge in [-0.05, 0) is 52.1 Å². The molecule has 0 saturated heterocycles. The molecule has 13 heavy (non-hydrogen) atoms. The van der Waals surface area contributed by atoms with Crippen LogP contribution in [0, 0.1) is 14.3 Å². The summed E-state index contributed by atoms with van der Waals surface area (Å²) >= 11 is 5.82. The van der Waals surface area contributed by atoms with E-state index in [-0.39, 0.29) is 0 Å². The van der Waals surface area contributed by atoms with Crippen LogP contribution < -0.4 is 0 Å². The number of imidazole rings is 1. The minimum Gasteiger partial charge on any atom is -0.267 e. The molecule has 2 aromatic rings. The number of aromatic nitrogens is 4. The quantitative estimate of drug-likeness (QED) is 0.668. The van der Waals surface area contributed by atoms with Gasteiger partial charge in [0.2, 0.25) is 5.13 Å². The standard InChI is InChI=1S/C6H4I2N4S/c1-3-10-6(13-11-3)12-2-9-4(7)5(12)8/h2H,1H3. The molecule has 4 nitrogen and oxygen atoms in total. The van der Waals surface area contributed by atoms with E-state index in [1.54, 1.807) is 6.33 Å². The van der Waals surface area contributed by atoms with Crippen LogP contribution >= 0.6 is 56.7 Å². The second kappa shape index (κ2) is 3.77. The number of hydrogen-bond acceptors (Lipinski definition) is 4. The molecule has 0 saturated carbocycles. The molecule has 0 aliphatic heterocycles. The lowest BCUT2D eigenvalue weighted by Crippen LogP contribution is -1.94. The zero-order chi connectivity index (χ0) is 9.42. The second-order valence-electron chi connectivity index (χ2n) is 2.32. The molecule has 0 aliphatic carbocycles. The molecule has 0 spiro atoms. The highest BCUT2D eigenvalue weighted by molar-refractivity contribution is 14.1. The van der Waals surface area contributed by atoms with E-state index >= 15 is 0 Å². The molecule has 0 aliphatic rings. The summed E-state index contributed by atoms with van der Waals surface area (Å²) in [6.07, 6.45) is 1.77. The summed E-state index contributed by atoms with van der Waals surface area (Å²) < 4.78 is 8.13. The molecule has 0 atom stereocenters. The summed E-state index contributed by atoms with van der Waals surface area (Å²) in [4.78, 5) is 8.46. The van der Waals surface area contributed by atoms with E-state index in [0.29, 0.717) is 0 Å². The van der Waals surface area contributed by atoms with Crippen molar-refractivity contribution in [2.24, 2.45) is 0 Å². The molecule has 0 unspecified atom stereocenters. The van der Waals surface area contributed by atoms with Gasteiger partial charge in [-0.25, -0.2) is 9.97 Å². The highest BCUT2D eigenvalue weighted by Gasteiger charge is 2.09. The second-order valence-corrected chi connectivity index (χ2v) is 5.09. The molecule has 0 N–H and O–H groups in total. The van der Waals surface area contributed by atoms with Crippen molar-refractivity contribution in [3.63, 3.8) is 0 Å². The van der Waals surface area contributed by atoms with Crippen molar-refractivity contribution >= 4 is 56.7 Å². The molecule has 68 valence electrons. The zero-order valence-electron chi connectivity index (χ0n) is 6.53. The summed E-state index contributed by atoms with van der Waals surface area (Å²) in [5, 5.41) is 0.873. The Morgan fingerprint density at radius 3 is 2.69 bits per heavy atom. The fraction of sp³-hybridized carbons (Fsp3) is 0.167. The third-order valence-corrected chi connectivity index (χ3v) is 5.05. The summed E-state index contributed by atoms with van der Waals surface area (Å²) in [6, 6.07) is 0. The highest BCUT2D eigenvalue weighted by atomic mass is 127. The number of rotatable bonds is 1. The maximum Gasteiger partial charge on any atom is 0.215 e. The Morgan fingerprint density at radius 2 is 2.23 bits per heavy atom. The van der Waals surface area contributed by atoms with Crippen LogP contribution in [0.2, 0.25) is 0 Å². The predicted octanol–water partition coefficient (Wildman–Crippen LogP) is 2.24. The first-order chi connectivity index (χ1) is 6.18. The first-order valence-electron chi connectivity index (χ1n) is 3.37. The van der Waals surface area contributed by atoms with Gasteiger partial charge in [0.1, 0.15) is 19.6 Å². The van der Waals surface area contributed by atoms with E-state index in [1.807, 2.05) is 11.5 Å². The van der Waals surface area contributed by atoms with Crippen molar-refractivity contribution in [1.82, 2.24) is 18.9 Å². The molecule has 0 radical (unpaired) electrons. The summed E-state index contributed by atoms with van der Waals surface area (Å²) in [6.45, 7) is 1.88. The van der Waals surface area contributed by atoms with Gasteiger partial charge < -0.3 is 0 Å². The fourth-order valence-corrected chi connectivity index (χ4v) is 2.52. The van der Waals surface area contributed by atoms with E-state index in [9.17, 15) is 0 Å². The average molecular weight is 418 g/mol. The molecular formula is C6H4I2N4S. The van der Waals surface area contributed by atoms with Crippen molar-refractivity contribution in [3.8, 4) is 5.13 Å².